The number of quaternary nitrogens is 1. The fraction of sp³-hybridized carbons (Fsp3) is 0.650. The second kappa shape index (κ2) is 8.09. The third-order valence-electron chi connectivity index (χ3n) is 6.16. The average Bonchev–Trinajstić information content (AvgIpc) is 2.60. The molecule has 0 aromatic heterocycles. The number of para-hydroxylation sites is 2. The van der Waals surface area contributed by atoms with E-state index in [1.54, 1.807) is 6.07 Å². The summed E-state index contributed by atoms with van der Waals surface area (Å²) in [4.78, 5) is 16.0. The van der Waals surface area contributed by atoms with Gasteiger partial charge in [-0.3, -0.25) is 4.79 Å². The molecule has 0 unspecified atom stereocenters. The third kappa shape index (κ3) is 4.46. The van der Waals surface area contributed by atoms with Crippen LogP contribution < -0.4 is 15.1 Å². The quantitative estimate of drug-likeness (QED) is 0.763. The van der Waals surface area contributed by atoms with Gasteiger partial charge in [0, 0.05) is 6.04 Å². The molecule has 1 aliphatic carbocycles. The van der Waals surface area contributed by atoms with Gasteiger partial charge in [-0.05, 0) is 30.4 Å². The Kier molecular flexibility index (Phi) is 5.84. The van der Waals surface area contributed by atoms with Crippen LogP contribution in [0.3, 0.4) is 0 Å². The first-order valence-electron chi connectivity index (χ1n) is 9.70. The minimum atomic E-state index is 0.192. The molecule has 3 N–H and O–H groups in total. The number of hydrogen-bond acceptors (Lipinski definition) is 3. The molecule has 1 saturated carbocycles. The molecular weight excluding hydrogens is 314 g/mol. The number of phenolic OH excluding ortho intramolecular Hbond substituents is 1. The normalized spacial score (nSPS) is 27.9. The Hall–Kier alpha value is -1.75. The number of piperazine rings is 1. The predicted molar refractivity (Wildman–Crippen MR) is 100.0 cm³/mol. The van der Waals surface area contributed by atoms with Gasteiger partial charge in [-0.1, -0.05) is 38.8 Å². The summed E-state index contributed by atoms with van der Waals surface area (Å²) in [6.45, 7) is 8.73. The Morgan fingerprint density at radius 3 is 2.68 bits per heavy atom. The van der Waals surface area contributed by atoms with Gasteiger partial charge < -0.3 is 20.2 Å². The standard InChI is InChI=1S/C20H31N3O2/c1-15-6-5-7-17(16(15)2)21-20(25)14-22-10-12-23(13-11-22)18-8-3-4-9-19(18)24/h3-4,8-9,15-17,24H,5-7,10-14H2,1-2H3,(H,21,25)/p+1/t15-,16+,17-/m0/s1. The van der Waals surface area contributed by atoms with Gasteiger partial charge in [-0.25, -0.2) is 0 Å². The zero-order valence-corrected chi connectivity index (χ0v) is 15.5. The monoisotopic (exact) mass is 346 g/mol. The van der Waals surface area contributed by atoms with Crippen molar-refractivity contribution in [3.05, 3.63) is 24.3 Å². The van der Waals surface area contributed by atoms with Crippen LogP contribution in [0, 0.1) is 11.8 Å². The van der Waals surface area contributed by atoms with Gasteiger partial charge >= 0.3 is 0 Å². The molecule has 1 heterocycles. The number of carbonyl (C=O) groups excluding carboxylic acids is 1. The first kappa shape index (κ1) is 18.1. The predicted octanol–water partition coefficient (Wildman–Crippen LogP) is 1.04. The van der Waals surface area contributed by atoms with Crippen LogP contribution in [0.15, 0.2) is 24.3 Å². The maximum Gasteiger partial charge on any atom is 0.275 e. The molecule has 1 saturated heterocycles. The highest BCUT2D eigenvalue weighted by Gasteiger charge is 2.30. The van der Waals surface area contributed by atoms with Crippen molar-refractivity contribution >= 4 is 11.6 Å². The van der Waals surface area contributed by atoms with E-state index in [9.17, 15) is 9.90 Å². The van der Waals surface area contributed by atoms with E-state index >= 15 is 0 Å². The van der Waals surface area contributed by atoms with Crippen molar-refractivity contribution in [3.63, 3.8) is 0 Å². The van der Waals surface area contributed by atoms with E-state index in [4.69, 9.17) is 0 Å². The maximum absolute atomic E-state index is 12.5. The fourth-order valence-corrected chi connectivity index (χ4v) is 4.24. The number of rotatable bonds is 4. The van der Waals surface area contributed by atoms with Gasteiger partial charge in [0.15, 0.2) is 6.54 Å². The Bertz CT molecular complexity index is 584. The van der Waals surface area contributed by atoms with E-state index < -0.39 is 0 Å². The molecule has 0 spiro atoms. The molecule has 2 aliphatic rings. The lowest BCUT2D eigenvalue weighted by Gasteiger charge is -2.36. The fourth-order valence-electron chi connectivity index (χ4n) is 4.24. The van der Waals surface area contributed by atoms with E-state index in [1.807, 2.05) is 18.2 Å². The largest absolute Gasteiger partial charge is 0.506 e. The lowest BCUT2D eigenvalue weighted by molar-refractivity contribution is -0.892. The smallest absolute Gasteiger partial charge is 0.275 e. The van der Waals surface area contributed by atoms with Crippen molar-refractivity contribution in [3.8, 4) is 5.75 Å². The van der Waals surface area contributed by atoms with Gasteiger partial charge in [0.1, 0.15) is 5.75 Å². The molecule has 25 heavy (non-hydrogen) atoms. The molecule has 2 fully saturated rings. The number of benzene rings is 1. The highest BCUT2D eigenvalue weighted by atomic mass is 16.3. The summed E-state index contributed by atoms with van der Waals surface area (Å²) in [5.74, 6) is 1.81. The Morgan fingerprint density at radius 2 is 1.96 bits per heavy atom. The zero-order valence-electron chi connectivity index (χ0n) is 15.5. The molecule has 0 bridgehead atoms. The number of nitrogens with one attached hydrogen (secondary N) is 2. The molecule has 5 nitrogen and oxygen atoms in total. The summed E-state index contributed by atoms with van der Waals surface area (Å²) in [5.41, 5.74) is 0.899. The van der Waals surface area contributed by atoms with Crippen molar-refractivity contribution < 1.29 is 14.8 Å². The number of phenols is 1. The first-order chi connectivity index (χ1) is 12.0. The number of hydrogen-bond donors (Lipinski definition) is 3. The second-order valence-electron chi connectivity index (χ2n) is 7.84. The highest BCUT2D eigenvalue weighted by molar-refractivity contribution is 5.77. The Balaban J connectivity index is 1.46. The first-order valence-corrected chi connectivity index (χ1v) is 9.70. The Morgan fingerprint density at radius 1 is 1.24 bits per heavy atom. The number of carbonyl (C=O) groups is 1. The van der Waals surface area contributed by atoms with Gasteiger partial charge in [0.25, 0.3) is 5.91 Å². The molecule has 0 radical (unpaired) electrons. The van der Waals surface area contributed by atoms with Gasteiger partial charge in [-0.15, -0.1) is 0 Å². The van der Waals surface area contributed by atoms with Crippen molar-refractivity contribution in [2.45, 2.75) is 39.2 Å². The van der Waals surface area contributed by atoms with Crippen LogP contribution in [-0.2, 0) is 4.79 Å². The lowest BCUT2D eigenvalue weighted by atomic mass is 9.78. The van der Waals surface area contributed by atoms with E-state index in [0.29, 0.717) is 30.2 Å². The van der Waals surface area contributed by atoms with Crippen molar-refractivity contribution in [1.29, 1.82) is 0 Å². The van der Waals surface area contributed by atoms with Crippen LogP contribution in [-0.4, -0.2) is 49.8 Å². The second-order valence-corrected chi connectivity index (χ2v) is 7.84. The van der Waals surface area contributed by atoms with E-state index in [0.717, 1.165) is 38.3 Å². The van der Waals surface area contributed by atoms with Gasteiger partial charge in [0.2, 0.25) is 0 Å². The maximum atomic E-state index is 12.5. The van der Waals surface area contributed by atoms with Gasteiger partial charge in [0.05, 0.1) is 31.9 Å². The summed E-state index contributed by atoms with van der Waals surface area (Å²) in [5, 5.41) is 13.3. The Labute approximate surface area is 151 Å². The van der Waals surface area contributed by atoms with Crippen LogP contribution >= 0.6 is 0 Å². The third-order valence-corrected chi connectivity index (χ3v) is 6.16. The average molecular weight is 346 g/mol. The number of aromatic hydroxyl groups is 1. The summed E-state index contributed by atoms with van der Waals surface area (Å²) < 4.78 is 0. The summed E-state index contributed by atoms with van der Waals surface area (Å²) in [6, 6.07) is 7.83. The van der Waals surface area contributed by atoms with Crippen LogP contribution in [0.2, 0.25) is 0 Å². The van der Waals surface area contributed by atoms with Crippen molar-refractivity contribution in [2.24, 2.45) is 11.8 Å². The molecular formula is C20H32N3O2+. The highest BCUT2D eigenvalue weighted by Crippen LogP contribution is 2.29. The minimum Gasteiger partial charge on any atom is -0.506 e. The number of amides is 1. The molecule has 1 amide bonds. The lowest BCUT2D eigenvalue weighted by Crippen LogP contribution is -3.16. The van der Waals surface area contributed by atoms with Crippen LogP contribution in [0.5, 0.6) is 5.75 Å². The number of anilines is 1. The topological polar surface area (TPSA) is 57.0 Å². The summed E-state index contributed by atoms with van der Waals surface area (Å²) >= 11 is 0. The van der Waals surface area contributed by atoms with Crippen LogP contribution in [0.4, 0.5) is 5.69 Å². The molecule has 138 valence electrons. The zero-order chi connectivity index (χ0) is 17.8. The molecule has 5 heteroatoms. The van der Waals surface area contributed by atoms with E-state index in [2.05, 4.69) is 24.1 Å². The summed E-state index contributed by atoms with van der Waals surface area (Å²) in [6.07, 6.45) is 3.63. The van der Waals surface area contributed by atoms with Crippen molar-refractivity contribution in [1.82, 2.24) is 5.32 Å². The molecule has 1 aromatic rings. The SMILES string of the molecule is C[C@H]1[C@@H](NC(=O)C[NH+]2CCN(c3ccccc3O)CC2)CCC[C@@H]1C. The molecule has 3 atom stereocenters. The van der Waals surface area contributed by atoms with Crippen molar-refractivity contribution in [2.75, 3.05) is 37.6 Å². The molecule has 1 aromatic carbocycles. The minimum absolute atomic E-state index is 0.192. The molecule has 3 rings (SSSR count). The molecule has 1 aliphatic heterocycles. The van der Waals surface area contributed by atoms with Crippen LogP contribution in [0.1, 0.15) is 33.1 Å². The van der Waals surface area contributed by atoms with E-state index in [1.165, 1.54) is 17.7 Å². The van der Waals surface area contributed by atoms with Crippen LogP contribution in [0.25, 0.3) is 0 Å². The van der Waals surface area contributed by atoms with Gasteiger partial charge in [-0.2, -0.15) is 0 Å². The number of nitrogens with zero attached hydrogens (tertiary/aromatic N) is 1. The summed E-state index contributed by atoms with van der Waals surface area (Å²) in [7, 11) is 0. The van der Waals surface area contributed by atoms with E-state index in [-0.39, 0.29) is 5.91 Å².